The molecule has 0 saturated heterocycles. The zero-order valence-electron chi connectivity index (χ0n) is 8.06. The van der Waals surface area contributed by atoms with Gasteiger partial charge in [0.2, 0.25) is 0 Å². The number of benzene rings is 1. The Morgan fingerprint density at radius 2 is 2.29 bits per heavy atom. The third-order valence-corrected chi connectivity index (χ3v) is 2.09. The zero-order chi connectivity index (χ0) is 9.26. The quantitative estimate of drug-likeness (QED) is 0.665. The molecule has 4 heteroatoms. The Morgan fingerprint density at radius 1 is 1.50 bits per heavy atom. The Kier molecular flexibility index (Phi) is 3.41. The smallest absolute Gasteiger partial charge is 0.164 e. The van der Waals surface area contributed by atoms with Gasteiger partial charge in [0.15, 0.2) is 17.6 Å². The molecular formula is C10H12BO3. The van der Waals surface area contributed by atoms with Gasteiger partial charge in [-0.25, -0.2) is 0 Å². The standard InChI is InChI=1S/C10H12O3.B/c1-7-3-2-4-9-10(7)12-6-8(5-11)13-9;/h2-4,8,11H,5-6H2,1H3;/t8-;/m1./s1. The molecule has 1 atom stereocenters. The first kappa shape index (κ1) is 10.9. The van der Waals surface area contributed by atoms with E-state index in [1.807, 2.05) is 25.1 Å². The minimum absolute atomic E-state index is 0. The lowest BCUT2D eigenvalue weighted by atomic mass is 10.2. The zero-order valence-corrected chi connectivity index (χ0v) is 8.06. The summed E-state index contributed by atoms with van der Waals surface area (Å²) in [5.41, 5.74) is 1.06. The highest BCUT2D eigenvalue weighted by Crippen LogP contribution is 2.34. The fourth-order valence-electron chi connectivity index (χ4n) is 1.38. The minimum Gasteiger partial charge on any atom is -0.485 e. The molecule has 1 heterocycles. The number of aryl methyl sites for hydroxylation is 1. The number of aliphatic hydroxyl groups excluding tert-OH is 1. The molecule has 0 saturated carbocycles. The van der Waals surface area contributed by atoms with Crippen LogP contribution in [0.2, 0.25) is 0 Å². The summed E-state index contributed by atoms with van der Waals surface area (Å²) in [6.07, 6.45) is -0.228. The molecule has 1 aliphatic rings. The van der Waals surface area contributed by atoms with E-state index in [-0.39, 0.29) is 21.1 Å². The fourth-order valence-corrected chi connectivity index (χ4v) is 1.38. The highest BCUT2D eigenvalue weighted by molar-refractivity contribution is 5.75. The Morgan fingerprint density at radius 3 is 3.00 bits per heavy atom. The van der Waals surface area contributed by atoms with Crippen molar-refractivity contribution in [3.05, 3.63) is 23.8 Å². The van der Waals surface area contributed by atoms with E-state index in [1.165, 1.54) is 0 Å². The molecule has 0 unspecified atom stereocenters. The molecule has 0 amide bonds. The molecule has 3 radical (unpaired) electrons. The first-order valence-corrected chi connectivity index (χ1v) is 4.31. The molecule has 1 aliphatic heterocycles. The molecular weight excluding hydrogens is 179 g/mol. The van der Waals surface area contributed by atoms with E-state index in [4.69, 9.17) is 14.6 Å². The van der Waals surface area contributed by atoms with Gasteiger partial charge in [-0.3, -0.25) is 0 Å². The predicted octanol–water partition coefficient (Wildman–Crippen LogP) is 0.746. The van der Waals surface area contributed by atoms with Crippen LogP contribution in [0.5, 0.6) is 11.5 Å². The van der Waals surface area contributed by atoms with Crippen LogP contribution in [0.4, 0.5) is 0 Å². The first-order valence-electron chi connectivity index (χ1n) is 4.31. The summed E-state index contributed by atoms with van der Waals surface area (Å²) >= 11 is 0. The van der Waals surface area contributed by atoms with Crippen LogP contribution in [0.15, 0.2) is 18.2 Å². The van der Waals surface area contributed by atoms with E-state index in [1.54, 1.807) is 0 Å². The van der Waals surface area contributed by atoms with Gasteiger partial charge < -0.3 is 14.6 Å². The molecule has 14 heavy (non-hydrogen) atoms. The molecule has 0 spiro atoms. The van der Waals surface area contributed by atoms with Crippen LogP contribution in [0.3, 0.4) is 0 Å². The van der Waals surface area contributed by atoms with E-state index in [0.29, 0.717) is 6.61 Å². The fraction of sp³-hybridized carbons (Fsp3) is 0.400. The molecule has 1 N–H and O–H groups in total. The lowest BCUT2D eigenvalue weighted by molar-refractivity contribution is 0.0452. The Hall–Kier alpha value is -1.16. The summed E-state index contributed by atoms with van der Waals surface area (Å²) in [5, 5.41) is 8.88. The van der Waals surface area contributed by atoms with Gasteiger partial charge >= 0.3 is 0 Å². The van der Waals surface area contributed by atoms with Crippen molar-refractivity contribution in [1.29, 1.82) is 0 Å². The van der Waals surface area contributed by atoms with Crippen LogP contribution in [0.1, 0.15) is 5.56 Å². The van der Waals surface area contributed by atoms with Crippen molar-refractivity contribution in [2.24, 2.45) is 0 Å². The van der Waals surface area contributed by atoms with Crippen molar-refractivity contribution in [1.82, 2.24) is 0 Å². The Balaban J connectivity index is 0.000000980. The van der Waals surface area contributed by atoms with Crippen molar-refractivity contribution < 1.29 is 14.6 Å². The summed E-state index contributed by atoms with van der Waals surface area (Å²) in [4.78, 5) is 0. The summed E-state index contributed by atoms with van der Waals surface area (Å²) < 4.78 is 11.0. The maximum absolute atomic E-state index is 8.88. The number of aliphatic hydroxyl groups is 1. The highest BCUT2D eigenvalue weighted by Gasteiger charge is 2.20. The molecule has 3 nitrogen and oxygen atoms in total. The monoisotopic (exact) mass is 191 g/mol. The number of fused-ring (bicyclic) bond motifs is 1. The number of hydrogen-bond donors (Lipinski definition) is 1. The normalized spacial score (nSPS) is 18.6. The maximum atomic E-state index is 8.88. The molecule has 2 rings (SSSR count). The van der Waals surface area contributed by atoms with Crippen molar-refractivity contribution in [3.8, 4) is 11.5 Å². The number of rotatable bonds is 1. The summed E-state index contributed by atoms with van der Waals surface area (Å²) in [6, 6.07) is 5.74. The maximum Gasteiger partial charge on any atom is 0.164 e. The lowest BCUT2D eigenvalue weighted by Gasteiger charge is -2.26. The van der Waals surface area contributed by atoms with E-state index in [9.17, 15) is 0 Å². The average Bonchev–Trinajstić information content (AvgIpc) is 2.18. The predicted molar refractivity (Wildman–Crippen MR) is 53.9 cm³/mol. The molecule has 0 aromatic heterocycles. The summed E-state index contributed by atoms with van der Waals surface area (Å²) in [6.45, 7) is 2.39. The van der Waals surface area contributed by atoms with Gasteiger partial charge in [-0.1, -0.05) is 12.1 Å². The third kappa shape index (κ3) is 1.85. The Labute approximate surface area is 85.2 Å². The van der Waals surface area contributed by atoms with E-state index in [0.717, 1.165) is 17.1 Å². The molecule has 0 fully saturated rings. The molecule has 0 aliphatic carbocycles. The second-order valence-electron chi connectivity index (χ2n) is 3.14. The van der Waals surface area contributed by atoms with Gasteiger partial charge in [-0.15, -0.1) is 0 Å². The van der Waals surface area contributed by atoms with Gasteiger partial charge in [0.05, 0.1) is 6.61 Å². The van der Waals surface area contributed by atoms with Crippen LogP contribution in [0.25, 0.3) is 0 Å². The van der Waals surface area contributed by atoms with Crippen molar-refractivity contribution in [2.45, 2.75) is 13.0 Å². The summed E-state index contributed by atoms with van der Waals surface area (Å²) in [7, 11) is 0. The number of hydrogen-bond acceptors (Lipinski definition) is 3. The largest absolute Gasteiger partial charge is 0.485 e. The van der Waals surface area contributed by atoms with Crippen LogP contribution in [0, 0.1) is 6.92 Å². The summed E-state index contributed by atoms with van der Waals surface area (Å²) in [5.74, 6) is 1.53. The second kappa shape index (κ2) is 4.37. The van der Waals surface area contributed by atoms with Gasteiger partial charge in [0.25, 0.3) is 0 Å². The van der Waals surface area contributed by atoms with Crippen LogP contribution in [-0.4, -0.2) is 32.8 Å². The van der Waals surface area contributed by atoms with Crippen LogP contribution in [-0.2, 0) is 0 Å². The Bertz CT molecular complexity index is 314. The van der Waals surface area contributed by atoms with Crippen molar-refractivity contribution in [2.75, 3.05) is 13.2 Å². The van der Waals surface area contributed by atoms with Gasteiger partial charge in [0.1, 0.15) is 6.61 Å². The van der Waals surface area contributed by atoms with Crippen LogP contribution >= 0.6 is 0 Å². The van der Waals surface area contributed by atoms with Gasteiger partial charge in [-0.05, 0) is 18.6 Å². The second-order valence-corrected chi connectivity index (χ2v) is 3.14. The van der Waals surface area contributed by atoms with Gasteiger partial charge in [-0.2, -0.15) is 0 Å². The van der Waals surface area contributed by atoms with Crippen molar-refractivity contribution in [3.63, 3.8) is 0 Å². The molecule has 0 bridgehead atoms. The van der Waals surface area contributed by atoms with E-state index in [2.05, 4.69) is 0 Å². The number of ether oxygens (including phenoxy) is 2. The minimum atomic E-state index is -0.228. The van der Waals surface area contributed by atoms with Gasteiger partial charge in [0, 0.05) is 8.41 Å². The lowest BCUT2D eigenvalue weighted by Crippen LogP contribution is -2.32. The first-order chi connectivity index (χ1) is 6.31. The SMILES string of the molecule is Cc1cccc2c1OC[C@@H](CO)O2.[B]. The van der Waals surface area contributed by atoms with Crippen molar-refractivity contribution >= 4 is 8.41 Å². The molecule has 1 aromatic rings. The third-order valence-electron chi connectivity index (χ3n) is 2.09. The average molecular weight is 191 g/mol. The highest BCUT2D eigenvalue weighted by atomic mass is 16.6. The molecule has 73 valence electrons. The van der Waals surface area contributed by atoms with E-state index < -0.39 is 0 Å². The van der Waals surface area contributed by atoms with E-state index >= 15 is 0 Å². The topological polar surface area (TPSA) is 38.7 Å². The molecule has 1 aromatic carbocycles. The van der Waals surface area contributed by atoms with Crippen LogP contribution < -0.4 is 9.47 Å². The number of para-hydroxylation sites is 1.